The van der Waals surface area contributed by atoms with E-state index in [9.17, 15) is 16.8 Å². The van der Waals surface area contributed by atoms with Crippen molar-refractivity contribution in [3.63, 3.8) is 0 Å². The fraction of sp³-hybridized carbons (Fsp3) is 0.500. The second-order valence-corrected chi connectivity index (χ2v) is 8.27. The van der Waals surface area contributed by atoms with E-state index in [1.54, 1.807) is 0 Å². The van der Waals surface area contributed by atoms with Crippen LogP contribution in [-0.2, 0) is 20.0 Å². The number of primary sulfonamides is 1. The van der Waals surface area contributed by atoms with Gasteiger partial charge in [0, 0.05) is 13.1 Å². The third-order valence-corrected chi connectivity index (χ3v) is 5.99. The van der Waals surface area contributed by atoms with E-state index in [0.29, 0.717) is 6.54 Å². The van der Waals surface area contributed by atoms with Crippen molar-refractivity contribution in [2.24, 2.45) is 5.14 Å². The molecule has 1 rings (SSSR count). The van der Waals surface area contributed by atoms with E-state index in [2.05, 4.69) is 9.62 Å². The molecule has 126 valence electrons. The van der Waals surface area contributed by atoms with Crippen LogP contribution < -0.4 is 9.86 Å². The molecule has 10 heteroatoms. The van der Waals surface area contributed by atoms with Crippen LogP contribution in [-0.4, -0.2) is 47.9 Å². The molecular weight excluding hydrogens is 350 g/mol. The summed E-state index contributed by atoms with van der Waals surface area (Å²) in [5.41, 5.74) is 0. The van der Waals surface area contributed by atoms with Crippen LogP contribution >= 0.6 is 11.6 Å². The van der Waals surface area contributed by atoms with Crippen molar-refractivity contribution < 1.29 is 16.8 Å². The lowest BCUT2D eigenvalue weighted by atomic mass is 10.4. The molecule has 0 bridgehead atoms. The summed E-state index contributed by atoms with van der Waals surface area (Å²) in [7, 11) is -7.92. The molecule has 7 nitrogen and oxygen atoms in total. The maximum Gasteiger partial charge on any atom is 0.240 e. The van der Waals surface area contributed by atoms with Gasteiger partial charge in [-0.3, -0.25) is 0 Å². The molecule has 0 aliphatic heterocycles. The largest absolute Gasteiger partial charge is 0.303 e. The highest BCUT2D eigenvalue weighted by molar-refractivity contribution is 7.90. The zero-order valence-electron chi connectivity index (χ0n) is 12.4. The van der Waals surface area contributed by atoms with E-state index in [1.807, 2.05) is 13.8 Å². The monoisotopic (exact) mass is 369 g/mol. The third kappa shape index (κ3) is 5.18. The van der Waals surface area contributed by atoms with Crippen molar-refractivity contribution >= 4 is 31.6 Å². The summed E-state index contributed by atoms with van der Waals surface area (Å²) >= 11 is 5.73. The number of hydrogen-bond acceptors (Lipinski definition) is 5. The van der Waals surface area contributed by atoms with Crippen molar-refractivity contribution in [1.29, 1.82) is 0 Å². The van der Waals surface area contributed by atoms with E-state index < -0.39 is 24.9 Å². The number of halogens is 1. The van der Waals surface area contributed by atoms with Crippen LogP contribution in [0.25, 0.3) is 0 Å². The van der Waals surface area contributed by atoms with Crippen LogP contribution in [0.1, 0.15) is 13.8 Å². The quantitative estimate of drug-likeness (QED) is 0.697. The van der Waals surface area contributed by atoms with Gasteiger partial charge in [0.1, 0.15) is 4.90 Å². The molecule has 0 aromatic heterocycles. The van der Waals surface area contributed by atoms with Gasteiger partial charge in [0.05, 0.1) is 9.92 Å². The van der Waals surface area contributed by atoms with Crippen LogP contribution in [0, 0.1) is 0 Å². The average molecular weight is 370 g/mol. The Balaban J connectivity index is 2.95. The van der Waals surface area contributed by atoms with E-state index >= 15 is 0 Å². The number of nitrogens with two attached hydrogens (primary N) is 1. The SMILES string of the molecule is CCN(CC)CCNS(=O)(=O)c1ccc(Cl)c(S(N)(=O)=O)c1. The van der Waals surface area contributed by atoms with Gasteiger partial charge in [0.2, 0.25) is 20.0 Å². The molecule has 0 saturated heterocycles. The number of nitrogens with zero attached hydrogens (tertiary/aromatic N) is 1. The predicted octanol–water partition coefficient (Wildman–Crippen LogP) is 0.608. The molecule has 1 aromatic rings. The smallest absolute Gasteiger partial charge is 0.240 e. The normalized spacial score (nSPS) is 12.8. The van der Waals surface area contributed by atoms with Crippen molar-refractivity contribution in [2.45, 2.75) is 23.6 Å². The molecule has 0 aliphatic carbocycles. The minimum Gasteiger partial charge on any atom is -0.303 e. The highest BCUT2D eigenvalue weighted by Gasteiger charge is 2.20. The summed E-state index contributed by atoms with van der Waals surface area (Å²) in [4.78, 5) is 1.45. The molecule has 0 fully saturated rings. The lowest BCUT2D eigenvalue weighted by Gasteiger charge is -2.18. The molecule has 0 amide bonds. The van der Waals surface area contributed by atoms with Crippen LogP contribution in [0.3, 0.4) is 0 Å². The first kappa shape index (κ1) is 19.3. The van der Waals surface area contributed by atoms with Gasteiger partial charge in [-0.15, -0.1) is 0 Å². The van der Waals surface area contributed by atoms with Gasteiger partial charge in [0.15, 0.2) is 0 Å². The first-order chi connectivity index (χ1) is 10.1. The van der Waals surface area contributed by atoms with Gasteiger partial charge in [-0.25, -0.2) is 26.7 Å². The average Bonchev–Trinajstić information content (AvgIpc) is 2.42. The zero-order chi connectivity index (χ0) is 17.0. The Labute approximate surface area is 136 Å². The third-order valence-electron chi connectivity index (χ3n) is 3.13. The van der Waals surface area contributed by atoms with E-state index in [4.69, 9.17) is 16.7 Å². The molecule has 22 heavy (non-hydrogen) atoms. The summed E-state index contributed by atoms with van der Waals surface area (Å²) < 4.78 is 49.5. The predicted molar refractivity (Wildman–Crippen MR) is 85.8 cm³/mol. The van der Waals surface area contributed by atoms with Crippen LogP contribution in [0.5, 0.6) is 0 Å². The molecule has 0 aliphatic rings. The van der Waals surface area contributed by atoms with Crippen molar-refractivity contribution in [3.05, 3.63) is 23.2 Å². The summed E-state index contributed by atoms with van der Waals surface area (Å²) in [5, 5.41) is 4.89. The number of likely N-dealkylation sites (N-methyl/N-ethyl adjacent to an activating group) is 1. The van der Waals surface area contributed by atoms with Gasteiger partial charge in [0.25, 0.3) is 0 Å². The molecule has 0 saturated carbocycles. The van der Waals surface area contributed by atoms with E-state index in [-0.39, 0.29) is 16.5 Å². The zero-order valence-corrected chi connectivity index (χ0v) is 14.8. The molecular formula is C12H20ClN3O4S2. The number of rotatable bonds is 8. The molecule has 3 N–H and O–H groups in total. The lowest BCUT2D eigenvalue weighted by Crippen LogP contribution is -2.34. The Kier molecular flexibility index (Phi) is 6.78. The molecule has 0 spiro atoms. The number of sulfonamides is 2. The first-order valence-corrected chi connectivity index (χ1v) is 10.1. The molecule has 0 atom stereocenters. The highest BCUT2D eigenvalue weighted by Crippen LogP contribution is 2.23. The minimum absolute atomic E-state index is 0.121. The number of benzene rings is 1. The molecule has 1 aromatic carbocycles. The number of hydrogen-bond donors (Lipinski definition) is 2. The fourth-order valence-electron chi connectivity index (χ4n) is 1.83. The van der Waals surface area contributed by atoms with Crippen LogP contribution in [0.4, 0.5) is 0 Å². The molecule has 0 radical (unpaired) electrons. The molecule has 0 unspecified atom stereocenters. The second-order valence-electron chi connectivity index (χ2n) is 4.56. The summed E-state index contributed by atoms with van der Waals surface area (Å²) in [6.07, 6.45) is 0. The highest BCUT2D eigenvalue weighted by atomic mass is 35.5. The van der Waals surface area contributed by atoms with Gasteiger partial charge >= 0.3 is 0 Å². The Morgan fingerprint density at radius 3 is 2.27 bits per heavy atom. The standard InChI is InChI=1S/C12H20ClN3O4S2/c1-3-16(4-2)8-7-15-22(19,20)10-5-6-11(13)12(9-10)21(14,17)18/h5-6,9,15H,3-4,7-8H2,1-2H3,(H2,14,17,18). The number of nitrogens with one attached hydrogen (secondary N) is 1. The topological polar surface area (TPSA) is 110 Å². The lowest BCUT2D eigenvalue weighted by molar-refractivity contribution is 0.309. The summed E-state index contributed by atoms with van der Waals surface area (Å²) in [5.74, 6) is 0. The van der Waals surface area contributed by atoms with Crippen molar-refractivity contribution in [2.75, 3.05) is 26.2 Å². The van der Waals surface area contributed by atoms with Crippen molar-refractivity contribution in [1.82, 2.24) is 9.62 Å². The fourth-order valence-corrected chi connectivity index (χ4v) is 4.02. The maximum atomic E-state index is 12.2. The Morgan fingerprint density at radius 1 is 1.18 bits per heavy atom. The Bertz CT molecular complexity index is 716. The van der Waals surface area contributed by atoms with Crippen LogP contribution in [0.2, 0.25) is 5.02 Å². The van der Waals surface area contributed by atoms with Gasteiger partial charge in [-0.05, 0) is 31.3 Å². The summed E-state index contributed by atoms with van der Waals surface area (Å²) in [6, 6.07) is 3.38. The minimum atomic E-state index is -4.09. The summed E-state index contributed by atoms with van der Waals surface area (Å²) in [6.45, 7) is 6.37. The molecule has 0 heterocycles. The van der Waals surface area contributed by atoms with Crippen LogP contribution in [0.15, 0.2) is 28.0 Å². The first-order valence-electron chi connectivity index (χ1n) is 6.66. The maximum absolute atomic E-state index is 12.2. The Morgan fingerprint density at radius 2 is 1.77 bits per heavy atom. The van der Waals surface area contributed by atoms with Crippen molar-refractivity contribution in [3.8, 4) is 0 Å². The van der Waals surface area contributed by atoms with E-state index in [1.165, 1.54) is 12.1 Å². The van der Waals surface area contributed by atoms with Gasteiger partial charge < -0.3 is 4.90 Å². The van der Waals surface area contributed by atoms with Gasteiger partial charge in [-0.1, -0.05) is 25.4 Å². The van der Waals surface area contributed by atoms with E-state index in [0.717, 1.165) is 19.2 Å². The second kappa shape index (κ2) is 7.71. The van der Waals surface area contributed by atoms with Gasteiger partial charge in [-0.2, -0.15) is 0 Å². The Hall–Kier alpha value is -0.710.